The van der Waals surface area contributed by atoms with Gasteiger partial charge in [0.15, 0.2) is 8.32 Å². The van der Waals surface area contributed by atoms with Gasteiger partial charge in [-0.2, -0.15) is 0 Å². The van der Waals surface area contributed by atoms with E-state index in [9.17, 15) is 9.59 Å². The smallest absolute Gasteiger partial charge is 0.410 e. The maximum Gasteiger partial charge on any atom is 0.410 e. The number of unbranched alkanes of at least 4 members (excludes halogenated alkanes) is 1. The molecule has 30 heavy (non-hydrogen) atoms. The first kappa shape index (κ1) is 26.7. The van der Waals surface area contributed by atoms with Gasteiger partial charge in [-0.1, -0.05) is 32.9 Å². The fraction of sp³-hybridized carbons (Fsp3) is 0.826. The number of nitrogens with zero attached hydrogens (tertiary/aromatic N) is 1. The standard InChI is InChI=1S/C23H43NO5Si/c1-22(2,3)28-21(26)24-17-16-19(29-30(8,9)23(4,5)6)18(24)14-12-10-11-13-15-20(25)27-7/h10,12,18-19H,11,13-17H2,1-9H3/b12-10-. The Balaban J connectivity index is 2.84. The molecule has 0 spiro atoms. The average molecular weight is 442 g/mol. The zero-order valence-electron chi connectivity index (χ0n) is 20.5. The van der Waals surface area contributed by atoms with Crippen molar-refractivity contribution in [2.45, 2.75) is 110 Å². The third-order valence-corrected chi connectivity index (χ3v) is 10.4. The number of rotatable bonds is 8. The Kier molecular flexibility index (Phi) is 9.61. The number of likely N-dealkylation sites (tertiary alicyclic amines) is 1. The molecule has 1 heterocycles. The Morgan fingerprint density at radius 2 is 1.73 bits per heavy atom. The first-order valence-corrected chi connectivity index (χ1v) is 14.0. The Bertz CT molecular complexity index is 604. The normalized spacial score (nSPS) is 20.6. The molecule has 0 N–H and O–H groups in total. The molecule has 1 aliphatic rings. The van der Waals surface area contributed by atoms with E-state index in [0.29, 0.717) is 13.0 Å². The molecular formula is C23H43NO5Si. The largest absolute Gasteiger partial charge is 0.469 e. The molecule has 6 nitrogen and oxygen atoms in total. The van der Waals surface area contributed by atoms with Crippen LogP contribution in [0.1, 0.15) is 73.6 Å². The molecule has 1 saturated heterocycles. The quantitative estimate of drug-likeness (QED) is 0.210. The van der Waals surface area contributed by atoms with Gasteiger partial charge in [0.05, 0.1) is 19.3 Å². The van der Waals surface area contributed by atoms with Crippen molar-refractivity contribution in [2.75, 3.05) is 13.7 Å². The summed E-state index contributed by atoms with van der Waals surface area (Å²) in [7, 11) is -0.545. The summed E-state index contributed by atoms with van der Waals surface area (Å²) in [5.41, 5.74) is -0.524. The van der Waals surface area contributed by atoms with Crippen LogP contribution in [0.2, 0.25) is 18.1 Å². The van der Waals surface area contributed by atoms with Crippen LogP contribution in [0.15, 0.2) is 12.2 Å². The number of hydrogen-bond donors (Lipinski definition) is 0. The van der Waals surface area contributed by atoms with Gasteiger partial charge in [-0.15, -0.1) is 0 Å². The average Bonchev–Trinajstić information content (AvgIpc) is 2.97. The Morgan fingerprint density at radius 1 is 1.10 bits per heavy atom. The molecule has 0 aromatic heterocycles. The Morgan fingerprint density at radius 3 is 2.27 bits per heavy atom. The number of carbonyl (C=O) groups excluding carboxylic acids is 2. The minimum absolute atomic E-state index is 0.0122. The first-order chi connectivity index (χ1) is 13.7. The highest BCUT2D eigenvalue weighted by Gasteiger charge is 2.45. The number of hydrogen-bond acceptors (Lipinski definition) is 5. The SMILES string of the molecule is COC(=O)CCC/C=C\CC1C(O[Si](C)(C)C(C)(C)C)CCN1C(=O)OC(C)(C)C. The van der Waals surface area contributed by atoms with Gasteiger partial charge in [0.2, 0.25) is 0 Å². The zero-order chi connectivity index (χ0) is 23.2. The van der Waals surface area contributed by atoms with E-state index in [4.69, 9.17) is 9.16 Å². The van der Waals surface area contributed by atoms with Gasteiger partial charge in [-0.05, 0) is 64.6 Å². The molecule has 2 unspecified atom stereocenters. The lowest BCUT2D eigenvalue weighted by atomic mass is 10.1. The molecule has 2 atom stereocenters. The van der Waals surface area contributed by atoms with E-state index in [2.05, 4.69) is 50.8 Å². The molecule has 1 fully saturated rings. The van der Waals surface area contributed by atoms with Gasteiger partial charge in [-0.3, -0.25) is 4.79 Å². The summed E-state index contributed by atoms with van der Waals surface area (Å²) in [5, 5.41) is 0.112. The van der Waals surface area contributed by atoms with Crippen molar-refractivity contribution in [2.24, 2.45) is 0 Å². The molecule has 0 aromatic carbocycles. The van der Waals surface area contributed by atoms with E-state index in [1.165, 1.54) is 7.11 Å². The molecule has 1 rings (SSSR count). The summed E-state index contributed by atoms with van der Waals surface area (Å²) < 4.78 is 17.0. The molecule has 1 amide bonds. The maximum atomic E-state index is 12.8. The van der Waals surface area contributed by atoms with E-state index in [-0.39, 0.29) is 29.2 Å². The number of ether oxygens (including phenoxy) is 2. The van der Waals surface area contributed by atoms with E-state index in [0.717, 1.165) is 25.7 Å². The van der Waals surface area contributed by atoms with Gasteiger partial charge in [-0.25, -0.2) is 4.79 Å². The van der Waals surface area contributed by atoms with Crippen molar-refractivity contribution in [3.05, 3.63) is 12.2 Å². The Labute approximate surface area is 184 Å². The lowest BCUT2D eigenvalue weighted by Gasteiger charge is -2.40. The number of allylic oxidation sites excluding steroid dienone is 1. The zero-order valence-corrected chi connectivity index (χ0v) is 21.5. The van der Waals surface area contributed by atoms with Crippen LogP contribution in [0.3, 0.4) is 0 Å². The van der Waals surface area contributed by atoms with Crippen molar-refractivity contribution >= 4 is 20.4 Å². The lowest BCUT2D eigenvalue weighted by Crippen LogP contribution is -2.49. The minimum Gasteiger partial charge on any atom is -0.469 e. The van der Waals surface area contributed by atoms with E-state index in [1.807, 2.05) is 25.7 Å². The van der Waals surface area contributed by atoms with E-state index in [1.54, 1.807) is 0 Å². The van der Waals surface area contributed by atoms with Crippen LogP contribution < -0.4 is 0 Å². The highest BCUT2D eigenvalue weighted by molar-refractivity contribution is 6.74. The second-order valence-corrected chi connectivity index (χ2v) is 15.4. The molecule has 0 radical (unpaired) electrons. The first-order valence-electron chi connectivity index (χ1n) is 11.1. The minimum atomic E-state index is -1.95. The van der Waals surface area contributed by atoms with Gasteiger partial charge < -0.3 is 18.8 Å². The van der Waals surface area contributed by atoms with Crippen molar-refractivity contribution in [1.82, 2.24) is 4.90 Å². The van der Waals surface area contributed by atoms with Crippen molar-refractivity contribution < 1.29 is 23.5 Å². The van der Waals surface area contributed by atoms with E-state index < -0.39 is 13.9 Å². The summed E-state index contributed by atoms with van der Waals surface area (Å²) in [5.74, 6) is -0.182. The lowest BCUT2D eigenvalue weighted by molar-refractivity contribution is -0.140. The second kappa shape index (κ2) is 10.8. The van der Waals surface area contributed by atoms with Crippen molar-refractivity contribution in [1.29, 1.82) is 0 Å². The van der Waals surface area contributed by atoms with Crippen molar-refractivity contribution in [3.8, 4) is 0 Å². The second-order valence-electron chi connectivity index (χ2n) is 10.6. The third kappa shape index (κ3) is 8.42. The summed E-state index contributed by atoms with van der Waals surface area (Å²) in [6.45, 7) is 17.5. The predicted octanol–water partition coefficient (Wildman–Crippen LogP) is 5.68. The molecule has 0 bridgehead atoms. The molecule has 0 saturated carbocycles. The highest BCUT2D eigenvalue weighted by atomic mass is 28.4. The highest BCUT2D eigenvalue weighted by Crippen LogP contribution is 2.40. The van der Waals surface area contributed by atoms with Gasteiger partial charge in [0, 0.05) is 13.0 Å². The monoisotopic (exact) mass is 441 g/mol. The maximum absolute atomic E-state index is 12.8. The van der Waals surface area contributed by atoms with Crippen LogP contribution in [0, 0.1) is 0 Å². The molecule has 0 aliphatic carbocycles. The fourth-order valence-corrected chi connectivity index (χ4v) is 4.55. The van der Waals surface area contributed by atoms with Crippen LogP contribution in [-0.2, 0) is 18.7 Å². The Hall–Kier alpha value is -1.34. The van der Waals surface area contributed by atoms with Crippen LogP contribution in [0.5, 0.6) is 0 Å². The van der Waals surface area contributed by atoms with E-state index >= 15 is 0 Å². The fourth-order valence-electron chi connectivity index (χ4n) is 3.16. The van der Waals surface area contributed by atoms with Crippen LogP contribution in [0.4, 0.5) is 4.79 Å². The predicted molar refractivity (Wildman–Crippen MR) is 123 cm³/mol. The van der Waals surface area contributed by atoms with Gasteiger partial charge >= 0.3 is 12.1 Å². The van der Waals surface area contributed by atoms with Crippen LogP contribution >= 0.6 is 0 Å². The summed E-state index contributed by atoms with van der Waals surface area (Å²) >= 11 is 0. The summed E-state index contributed by atoms with van der Waals surface area (Å²) in [4.78, 5) is 25.9. The third-order valence-electron chi connectivity index (χ3n) is 5.89. The molecule has 1 aliphatic heterocycles. The number of amides is 1. The van der Waals surface area contributed by atoms with Crippen LogP contribution in [0.25, 0.3) is 0 Å². The van der Waals surface area contributed by atoms with Crippen molar-refractivity contribution in [3.63, 3.8) is 0 Å². The molecule has 7 heteroatoms. The summed E-state index contributed by atoms with van der Waals surface area (Å²) in [6.07, 6.45) is 7.46. The number of methoxy groups -OCH3 is 1. The van der Waals surface area contributed by atoms with Gasteiger partial charge in [0.1, 0.15) is 5.60 Å². The van der Waals surface area contributed by atoms with Crippen LogP contribution in [-0.4, -0.2) is 56.7 Å². The summed E-state index contributed by atoms with van der Waals surface area (Å²) in [6, 6.07) is -0.0363. The number of carbonyl (C=O) groups is 2. The van der Waals surface area contributed by atoms with Gasteiger partial charge in [0.25, 0.3) is 0 Å². The molecular weight excluding hydrogens is 398 g/mol. The molecule has 0 aromatic rings. The topological polar surface area (TPSA) is 65.1 Å². The molecule has 174 valence electrons. The number of esters is 1.